The Morgan fingerprint density at radius 3 is 1.59 bits per heavy atom. The average molecular weight is 353 g/mol. The zero-order valence-corrected chi connectivity index (χ0v) is 14.6. The van der Waals surface area contributed by atoms with E-state index in [1.54, 1.807) is 4.90 Å². The first-order chi connectivity index (χ1) is 10.1. The highest BCUT2D eigenvalue weighted by molar-refractivity contribution is 7.88. The predicted molar refractivity (Wildman–Crippen MR) is 82.1 cm³/mol. The minimum Gasteiger partial charge on any atom is -0.340 e. The molecule has 0 aromatic heterocycles. The molecule has 2 aliphatic rings. The Bertz CT molecular complexity index is 561. The summed E-state index contributed by atoms with van der Waals surface area (Å²) in [6.07, 6.45) is 3.40. The fourth-order valence-electron chi connectivity index (χ4n) is 2.93. The Morgan fingerprint density at radius 2 is 1.18 bits per heavy atom. The van der Waals surface area contributed by atoms with E-state index in [0.29, 0.717) is 52.1 Å². The molecule has 0 saturated carbocycles. The second kappa shape index (κ2) is 6.42. The monoisotopic (exact) mass is 353 g/mol. The Labute approximate surface area is 132 Å². The van der Waals surface area contributed by atoms with Gasteiger partial charge in [0.25, 0.3) is 0 Å². The molecule has 8 nitrogen and oxygen atoms in total. The third kappa shape index (κ3) is 4.18. The van der Waals surface area contributed by atoms with Crippen molar-refractivity contribution >= 4 is 26.0 Å². The lowest BCUT2D eigenvalue weighted by atomic mass is 9.96. The van der Waals surface area contributed by atoms with E-state index < -0.39 is 20.0 Å². The van der Waals surface area contributed by atoms with Crippen molar-refractivity contribution < 1.29 is 21.6 Å². The Morgan fingerprint density at radius 1 is 0.773 bits per heavy atom. The second-order valence-corrected chi connectivity index (χ2v) is 9.89. The van der Waals surface area contributed by atoms with Gasteiger partial charge in [-0.3, -0.25) is 4.79 Å². The third-order valence-corrected chi connectivity index (χ3v) is 6.90. The SMILES string of the molecule is CS(=O)(=O)N1CCC(C(=O)N2CCN(S(C)(=O)=O)CC2)CC1. The van der Waals surface area contributed by atoms with Crippen LogP contribution < -0.4 is 0 Å². The predicted octanol–water partition coefficient (Wildman–Crippen LogP) is -1.24. The number of piperazine rings is 1. The summed E-state index contributed by atoms with van der Waals surface area (Å²) in [6.45, 7) is 2.20. The van der Waals surface area contributed by atoms with E-state index in [9.17, 15) is 21.6 Å². The van der Waals surface area contributed by atoms with E-state index in [0.717, 1.165) is 0 Å². The lowest BCUT2D eigenvalue weighted by molar-refractivity contribution is -0.137. The quantitative estimate of drug-likeness (QED) is 0.633. The molecule has 0 N–H and O–H groups in total. The first-order valence-corrected chi connectivity index (χ1v) is 11.0. The number of nitrogens with zero attached hydrogens (tertiary/aromatic N) is 3. The summed E-state index contributed by atoms with van der Waals surface area (Å²) in [7, 11) is -6.39. The van der Waals surface area contributed by atoms with Crippen LogP contribution in [0.5, 0.6) is 0 Å². The minimum absolute atomic E-state index is 0.0151. The number of hydrogen-bond acceptors (Lipinski definition) is 5. The first kappa shape index (κ1) is 17.6. The smallest absolute Gasteiger partial charge is 0.225 e. The van der Waals surface area contributed by atoms with Gasteiger partial charge < -0.3 is 4.90 Å². The summed E-state index contributed by atoms with van der Waals surface area (Å²) < 4.78 is 48.6. The van der Waals surface area contributed by atoms with E-state index in [2.05, 4.69) is 0 Å². The number of carbonyl (C=O) groups is 1. The molecule has 0 aliphatic carbocycles. The van der Waals surface area contributed by atoms with Crippen LogP contribution in [0.25, 0.3) is 0 Å². The fraction of sp³-hybridized carbons (Fsp3) is 0.917. The number of amides is 1. The van der Waals surface area contributed by atoms with E-state index in [1.807, 2.05) is 0 Å². The lowest BCUT2D eigenvalue weighted by Gasteiger charge is -2.37. The summed E-state index contributed by atoms with van der Waals surface area (Å²) in [4.78, 5) is 14.2. The van der Waals surface area contributed by atoms with E-state index in [-0.39, 0.29) is 11.8 Å². The van der Waals surface area contributed by atoms with Gasteiger partial charge >= 0.3 is 0 Å². The highest BCUT2D eigenvalue weighted by atomic mass is 32.2. The van der Waals surface area contributed by atoms with Gasteiger partial charge in [0.15, 0.2) is 0 Å². The molecule has 2 rings (SSSR count). The maximum atomic E-state index is 12.5. The number of sulfonamides is 2. The van der Waals surface area contributed by atoms with Crippen molar-refractivity contribution in [3.05, 3.63) is 0 Å². The van der Waals surface area contributed by atoms with Gasteiger partial charge in [-0.2, -0.15) is 4.31 Å². The van der Waals surface area contributed by atoms with E-state index in [4.69, 9.17) is 0 Å². The summed E-state index contributed by atoms with van der Waals surface area (Å²) >= 11 is 0. The molecular formula is C12H23N3O5S2. The molecule has 22 heavy (non-hydrogen) atoms. The van der Waals surface area contributed by atoms with Crippen molar-refractivity contribution in [2.24, 2.45) is 5.92 Å². The normalized spacial score (nSPS) is 23.6. The van der Waals surface area contributed by atoms with Crippen molar-refractivity contribution in [3.8, 4) is 0 Å². The summed E-state index contributed by atoms with van der Waals surface area (Å²) in [5.41, 5.74) is 0. The molecule has 0 radical (unpaired) electrons. The van der Waals surface area contributed by atoms with Gasteiger partial charge in [-0.25, -0.2) is 21.1 Å². The molecule has 0 unspecified atom stereocenters. The number of carbonyl (C=O) groups excluding carboxylic acids is 1. The highest BCUT2D eigenvalue weighted by Crippen LogP contribution is 2.22. The van der Waals surface area contributed by atoms with Crippen LogP contribution in [0.3, 0.4) is 0 Å². The molecule has 10 heteroatoms. The molecule has 2 fully saturated rings. The topological polar surface area (TPSA) is 95.1 Å². The number of hydrogen-bond donors (Lipinski definition) is 0. The molecule has 0 bridgehead atoms. The van der Waals surface area contributed by atoms with Gasteiger partial charge in [0.2, 0.25) is 26.0 Å². The zero-order chi connectivity index (χ0) is 16.5. The lowest BCUT2D eigenvalue weighted by Crippen LogP contribution is -2.52. The van der Waals surface area contributed by atoms with Gasteiger partial charge in [0.05, 0.1) is 12.5 Å². The molecule has 0 spiro atoms. The van der Waals surface area contributed by atoms with Crippen LogP contribution >= 0.6 is 0 Å². The molecule has 128 valence electrons. The van der Waals surface area contributed by atoms with Crippen molar-refractivity contribution in [2.75, 3.05) is 51.8 Å². The van der Waals surface area contributed by atoms with Crippen molar-refractivity contribution in [1.82, 2.24) is 13.5 Å². The van der Waals surface area contributed by atoms with Gasteiger partial charge in [0.1, 0.15) is 0 Å². The number of piperidine rings is 1. The number of rotatable bonds is 3. The van der Waals surface area contributed by atoms with Crippen LogP contribution in [-0.2, 0) is 24.8 Å². The van der Waals surface area contributed by atoms with Crippen molar-refractivity contribution in [1.29, 1.82) is 0 Å². The van der Waals surface area contributed by atoms with Crippen LogP contribution in [0.15, 0.2) is 0 Å². The minimum atomic E-state index is -3.20. The summed E-state index contributed by atoms with van der Waals surface area (Å²) in [5, 5.41) is 0. The van der Waals surface area contributed by atoms with Gasteiger partial charge in [-0.15, -0.1) is 0 Å². The molecule has 2 saturated heterocycles. The molecule has 2 aliphatic heterocycles. The summed E-state index contributed by atoms with van der Waals surface area (Å²) in [6, 6.07) is 0. The van der Waals surface area contributed by atoms with E-state index in [1.165, 1.54) is 21.1 Å². The van der Waals surface area contributed by atoms with Crippen molar-refractivity contribution in [3.63, 3.8) is 0 Å². The standard InChI is InChI=1S/C12H23N3O5S2/c1-21(17,18)14-5-3-11(4-6-14)12(16)13-7-9-15(10-8-13)22(2,19)20/h11H,3-10H2,1-2H3. The Balaban J connectivity index is 1.87. The van der Waals surface area contributed by atoms with E-state index >= 15 is 0 Å². The summed E-state index contributed by atoms with van der Waals surface area (Å²) in [5.74, 6) is -0.149. The second-order valence-electron chi connectivity index (χ2n) is 5.92. The molecule has 0 aromatic rings. The van der Waals surface area contributed by atoms with Gasteiger partial charge in [0, 0.05) is 45.2 Å². The Kier molecular flexibility index (Phi) is 5.15. The van der Waals surface area contributed by atoms with Gasteiger partial charge in [-0.1, -0.05) is 0 Å². The maximum Gasteiger partial charge on any atom is 0.225 e. The van der Waals surface area contributed by atoms with Crippen LogP contribution in [0.2, 0.25) is 0 Å². The fourth-order valence-corrected chi connectivity index (χ4v) is 4.63. The first-order valence-electron chi connectivity index (χ1n) is 7.28. The molecule has 0 aromatic carbocycles. The molecule has 1 amide bonds. The largest absolute Gasteiger partial charge is 0.340 e. The third-order valence-electron chi connectivity index (χ3n) is 4.29. The van der Waals surface area contributed by atoms with Crippen molar-refractivity contribution in [2.45, 2.75) is 12.8 Å². The molecular weight excluding hydrogens is 330 g/mol. The Hall–Kier alpha value is -0.710. The van der Waals surface area contributed by atoms with Gasteiger partial charge in [-0.05, 0) is 12.8 Å². The average Bonchev–Trinajstić information content (AvgIpc) is 2.45. The maximum absolute atomic E-state index is 12.5. The van der Waals surface area contributed by atoms with Crippen LogP contribution in [-0.4, -0.2) is 88.0 Å². The highest BCUT2D eigenvalue weighted by Gasteiger charge is 2.33. The van der Waals surface area contributed by atoms with Crippen LogP contribution in [0.4, 0.5) is 0 Å². The van der Waals surface area contributed by atoms with Crippen LogP contribution in [0.1, 0.15) is 12.8 Å². The zero-order valence-electron chi connectivity index (χ0n) is 12.9. The van der Waals surface area contributed by atoms with Crippen LogP contribution in [0, 0.1) is 5.92 Å². The molecule has 0 atom stereocenters. The molecule has 2 heterocycles.